The van der Waals surface area contributed by atoms with Crippen LogP contribution in [0.3, 0.4) is 0 Å². The monoisotopic (exact) mass is 620 g/mol. The standard InChI is InChI=1S/C33H40N4O8/c1-20(2)34-33(39)45-25-11-7-22(15-25)27-18-29(37-36-27)35-30(38)12-8-23-16-26(41-4)17-28(31(23)32-42-13-14-43-32)44-19-21-5-9-24(40-3)10-6-21/h5-6,8-10,12,16-18,20,22,25,32H,7,11,13-15,19H2,1-4H3,(H,34,39)(H2,35,36,37,38)/b12-8+/t22-,25+/m0/s1. The Kier molecular flexibility index (Phi) is 10.6. The molecule has 0 radical (unpaired) electrons. The van der Waals surface area contributed by atoms with Gasteiger partial charge in [-0.25, -0.2) is 4.79 Å². The van der Waals surface area contributed by atoms with Gasteiger partial charge in [-0.1, -0.05) is 12.1 Å². The molecular weight excluding hydrogens is 580 g/mol. The van der Waals surface area contributed by atoms with Crippen molar-refractivity contribution in [1.29, 1.82) is 0 Å². The maximum Gasteiger partial charge on any atom is 0.407 e. The summed E-state index contributed by atoms with van der Waals surface area (Å²) in [7, 11) is 3.19. The fraction of sp³-hybridized carbons (Fsp3) is 0.424. The van der Waals surface area contributed by atoms with Crippen LogP contribution in [0.4, 0.5) is 10.6 Å². The number of benzene rings is 2. The molecule has 2 fully saturated rings. The summed E-state index contributed by atoms with van der Waals surface area (Å²) in [6, 6.07) is 13.0. The number of hydrogen-bond donors (Lipinski definition) is 3. The Morgan fingerprint density at radius 2 is 1.80 bits per heavy atom. The van der Waals surface area contributed by atoms with E-state index in [1.54, 1.807) is 32.4 Å². The third-order valence-corrected chi connectivity index (χ3v) is 7.56. The lowest BCUT2D eigenvalue weighted by molar-refractivity contribution is -0.111. The van der Waals surface area contributed by atoms with E-state index in [0.29, 0.717) is 54.7 Å². The number of nitrogens with zero attached hydrogens (tertiary/aromatic N) is 1. The minimum absolute atomic E-state index is 0.0166. The Labute approximate surface area is 262 Å². The minimum Gasteiger partial charge on any atom is -0.497 e. The van der Waals surface area contributed by atoms with Gasteiger partial charge >= 0.3 is 6.09 Å². The lowest BCUT2D eigenvalue weighted by Crippen LogP contribution is -2.33. The zero-order valence-corrected chi connectivity index (χ0v) is 26.0. The highest BCUT2D eigenvalue weighted by Gasteiger charge is 2.30. The first-order chi connectivity index (χ1) is 21.8. The maximum atomic E-state index is 13.0. The Balaban J connectivity index is 1.26. The van der Waals surface area contributed by atoms with Gasteiger partial charge < -0.3 is 39.1 Å². The van der Waals surface area contributed by atoms with Crippen LogP contribution in [-0.4, -0.2) is 61.8 Å². The molecule has 5 rings (SSSR count). The number of H-pyrrole nitrogens is 1. The van der Waals surface area contributed by atoms with Crippen molar-refractivity contribution < 1.29 is 38.0 Å². The van der Waals surface area contributed by atoms with Gasteiger partial charge in [-0.15, -0.1) is 0 Å². The molecule has 3 aromatic rings. The molecule has 240 valence electrons. The van der Waals surface area contributed by atoms with Crippen LogP contribution in [0.25, 0.3) is 6.08 Å². The Bertz CT molecular complexity index is 1480. The normalized spacial score (nSPS) is 18.3. The van der Waals surface area contributed by atoms with Crippen molar-refractivity contribution in [1.82, 2.24) is 15.5 Å². The quantitative estimate of drug-likeness (QED) is 0.225. The lowest BCUT2D eigenvalue weighted by atomic mass is 10.0. The average molecular weight is 621 g/mol. The van der Waals surface area contributed by atoms with Crippen LogP contribution < -0.4 is 24.8 Å². The summed E-state index contributed by atoms with van der Waals surface area (Å²) in [5, 5.41) is 12.8. The summed E-state index contributed by atoms with van der Waals surface area (Å²) in [5.74, 6) is 2.02. The zero-order chi connectivity index (χ0) is 31.8. The lowest BCUT2D eigenvalue weighted by Gasteiger charge is -2.19. The number of anilines is 1. The average Bonchev–Trinajstić information content (AvgIpc) is 3.81. The molecule has 1 saturated heterocycles. The number of ether oxygens (including phenoxy) is 6. The van der Waals surface area contributed by atoms with Crippen molar-refractivity contribution in [3.63, 3.8) is 0 Å². The number of aromatic nitrogens is 2. The molecule has 2 amide bonds. The number of carbonyl (C=O) groups is 2. The van der Waals surface area contributed by atoms with Gasteiger partial charge in [-0.05, 0) is 68.5 Å². The molecular formula is C33H40N4O8. The van der Waals surface area contributed by atoms with E-state index in [-0.39, 0.29) is 24.0 Å². The second-order valence-electron chi connectivity index (χ2n) is 11.2. The number of hydrogen-bond acceptors (Lipinski definition) is 9. The van der Waals surface area contributed by atoms with Gasteiger partial charge in [0.15, 0.2) is 12.1 Å². The molecule has 45 heavy (non-hydrogen) atoms. The van der Waals surface area contributed by atoms with Crippen LogP contribution >= 0.6 is 0 Å². The summed E-state index contributed by atoms with van der Waals surface area (Å²) in [5.41, 5.74) is 3.15. The van der Waals surface area contributed by atoms with E-state index in [4.69, 9.17) is 28.4 Å². The van der Waals surface area contributed by atoms with Crippen molar-refractivity contribution in [2.24, 2.45) is 0 Å². The SMILES string of the molecule is COc1ccc(COc2cc(OC)cc(/C=C/C(=O)Nc3cc([C@H]4CC[C@@H](OC(=O)NC(C)C)C4)[nH]n3)c2C2OCCO2)cc1. The van der Waals surface area contributed by atoms with Crippen molar-refractivity contribution in [2.45, 2.75) is 64.1 Å². The smallest absolute Gasteiger partial charge is 0.407 e. The van der Waals surface area contributed by atoms with E-state index in [0.717, 1.165) is 29.8 Å². The van der Waals surface area contributed by atoms with Crippen LogP contribution in [0.15, 0.2) is 48.5 Å². The number of alkyl carbamates (subject to hydrolysis) is 1. The number of carbonyl (C=O) groups excluding carboxylic acids is 2. The van der Waals surface area contributed by atoms with Gasteiger partial charge in [0, 0.05) is 35.9 Å². The van der Waals surface area contributed by atoms with Gasteiger partial charge in [0.25, 0.3) is 0 Å². The van der Waals surface area contributed by atoms with Crippen LogP contribution in [0.2, 0.25) is 0 Å². The number of rotatable bonds is 12. The van der Waals surface area contributed by atoms with Crippen LogP contribution in [0, 0.1) is 0 Å². The molecule has 2 atom stereocenters. The molecule has 12 heteroatoms. The Morgan fingerprint density at radius 1 is 1.04 bits per heavy atom. The third kappa shape index (κ3) is 8.55. The van der Waals surface area contributed by atoms with E-state index < -0.39 is 12.4 Å². The largest absolute Gasteiger partial charge is 0.497 e. The second-order valence-corrected chi connectivity index (χ2v) is 11.2. The van der Waals surface area contributed by atoms with Crippen LogP contribution in [-0.2, 0) is 25.6 Å². The maximum absolute atomic E-state index is 13.0. The molecule has 1 aliphatic heterocycles. The number of nitrogens with one attached hydrogen (secondary N) is 3. The van der Waals surface area contributed by atoms with Crippen LogP contribution in [0.5, 0.6) is 17.2 Å². The number of amides is 2. The fourth-order valence-corrected chi connectivity index (χ4v) is 5.35. The minimum atomic E-state index is -0.658. The molecule has 12 nitrogen and oxygen atoms in total. The molecule has 2 heterocycles. The summed E-state index contributed by atoms with van der Waals surface area (Å²) in [4.78, 5) is 24.9. The highest BCUT2D eigenvalue weighted by Crippen LogP contribution is 2.39. The summed E-state index contributed by atoms with van der Waals surface area (Å²) in [6.45, 7) is 4.96. The predicted molar refractivity (Wildman–Crippen MR) is 166 cm³/mol. The first-order valence-electron chi connectivity index (χ1n) is 15.0. The van der Waals surface area contributed by atoms with Gasteiger partial charge in [0.05, 0.1) is 33.0 Å². The molecule has 1 aliphatic carbocycles. The number of methoxy groups -OCH3 is 2. The molecule has 0 bridgehead atoms. The van der Waals surface area contributed by atoms with E-state index in [1.807, 2.05) is 44.2 Å². The highest BCUT2D eigenvalue weighted by molar-refractivity contribution is 6.01. The predicted octanol–water partition coefficient (Wildman–Crippen LogP) is 5.47. The Morgan fingerprint density at radius 3 is 2.51 bits per heavy atom. The summed E-state index contributed by atoms with van der Waals surface area (Å²) >= 11 is 0. The van der Waals surface area contributed by atoms with E-state index in [2.05, 4.69) is 20.8 Å². The van der Waals surface area contributed by atoms with E-state index >= 15 is 0 Å². The first-order valence-corrected chi connectivity index (χ1v) is 15.0. The van der Waals surface area contributed by atoms with Crippen molar-refractivity contribution in [3.8, 4) is 17.2 Å². The van der Waals surface area contributed by atoms with E-state index in [9.17, 15) is 9.59 Å². The number of aromatic amines is 1. The van der Waals surface area contributed by atoms with Gasteiger partial charge in [-0.2, -0.15) is 5.10 Å². The van der Waals surface area contributed by atoms with Crippen molar-refractivity contribution in [3.05, 3.63) is 70.9 Å². The van der Waals surface area contributed by atoms with Crippen LogP contribution in [0.1, 0.15) is 67.7 Å². The van der Waals surface area contributed by atoms with Gasteiger partial charge in [-0.3, -0.25) is 9.89 Å². The third-order valence-electron chi connectivity index (χ3n) is 7.56. The van der Waals surface area contributed by atoms with Crippen molar-refractivity contribution >= 4 is 23.9 Å². The van der Waals surface area contributed by atoms with Crippen molar-refractivity contribution in [2.75, 3.05) is 32.8 Å². The first kappa shape index (κ1) is 31.9. The van der Waals surface area contributed by atoms with E-state index in [1.165, 1.54) is 6.08 Å². The summed E-state index contributed by atoms with van der Waals surface area (Å²) in [6.07, 6.45) is 4.18. The van der Waals surface area contributed by atoms with Gasteiger partial charge in [0.2, 0.25) is 5.91 Å². The molecule has 2 aromatic carbocycles. The highest BCUT2D eigenvalue weighted by atomic mass is 16.7. The molecule has 2 aliphatic rings. The van der Waals surface area contributed by atoms with Gasteiger partial charge in [0.1, 0.15) is 30.0 Å². The summed E-state index contributed by atoms with van der Waals surface area (Å²) < 4.78 is 34.2. The zero-order valence-electron chi connectivity index (χ0n) is 26.0. The molecule has 0 unspecified atom stereocenters. The Hall–Kier alpha value is -4.55. The molecule has 1 aromatic heterocycles. The molecule has 0 spiro atoms. The second kappa shape index (κ2) is 15.0. The fourth-order valence-electron chi connectivity index (χ4n) is 5.35. The molecule has 1 saturated carbocycles. The topological polar surface area (TPSA) is 142 Å². The molecule has 3 N–H and O–H groups in total.